The second-order valence-electron chi connectivity index (χ2n) is 17.4. The molecule has 1 unspecified atom stereocenters. The van der Waals surface area contributed by atoms with Crippen LogP contribution in [0.1, 0.15) is 48.6 Å². The lowest BCUT2D eigenvalue weighted by molar-refractivity contribution is 0.661. The number of aromatic nitrogens is 2. The first kappa shape index (κ1) is 35.5. The SMILES string of the molecule is CC1(C)c2cc3ccccc3cc2-c2c(-c3cc(-c4ccc(-c5cccc6c5C(C)(c5ccccc5)c5ccccc5-6)c5ccccc45)nc(-c4ccccc4)n3)cccc21. The van der Waals surface area contributed by atoms with Gasteiger partial charge in [-0.15, -0.1) is 0 Å². The predicted molar refractivity (Wildman–Crippen MR) is 254 cm³/mol. The fourth-order valence-electron chi connectivity index (χ4n) is 10.8. The average molecular weight is 779 g/mol. The highest BCUT2D eigenvalue weighted by atomic mass is 14.9. The molecule has 2 aliphatic rings. The van der Waals surface area contributed by atoms with Gasteiger partial charge in [0.2, 0.25) is 0 Å². The second-order valence-corrected chi connectivity index (χ2v) is 17.4. The standard InChI is InChI=1S/C59H42N2/c1-58(2)51-31-17-29-48(55(51)49-34-38-20-10-11-21-39(38)35-52(49)58)54-36-53(60-57(61-54)37-18-6-4-7-19-37)45-33-32-43(41-24-12-13-25-42(41)45)46-27-16-28-47-44-26-14-15-30-50(44)59(3,56(46)47)40-22-8-5-9-23-40/h4-36H,1-3H3. The molecule has 1 heterocycles. The molecular formula is C59H42N2. The maximum Gasteiger partial charge on any atom is 0.160 e. The summed E-state index contributed by atoms with van der Waals surface area (Å²) in [6.07, 6.45) is 0. The Morgan fingerprint density at radius 3 is 1.67 bits per heavy atom. The first-order valence-corrected chi connectivity index (χ1v) is 21.3. The van der Waals surface area contributed by atoms with Gasteiger partial charge in [0.05, 0.1) is 11.4 Å². The van der Waals surface area contributed by atoms with Gasteiger partial charge in [-0.3, -0.25) is 0 Å². The van der Waals surface area contributed by atoms with Gasteiger partial charge in [0.25, 0.3) is 0 Å². The van der Waals surface area contributed by atoms with Crippen LogP contribution in [0.15, 0.2) is 200 Å². The first-order valence-electron chi connectivity index (χ1n) is 21.3. The molecule has 12 rings (SSSR count). The Labute approximate surface area is 356 Å². The van der Waals surface area contributed by atoms with E-state index in [1.807, 2.05) is 0 Å². The molecule has 1 atom stereocenters. The van der Waals surface area contributed by atoms with Gasteiger partial charge in [-0.2, -0.15) is 0 Å². The van der Waals surface area contributed by atoms with Crippen LogP contribution in [0.5, 0.6) is 0 Å². The Balaban J connectivity index is 1.08. The van der Waals surface area contributed by atoms with Crippen LogP contribution in [-0.4, -0.2) is 9.97 Å². The van der Waals surface area contributed by atoms with E-state index in [1.165, 1.54) is 77.4 Å². The topological polar surface area (TPSA) is 25.8 Å². The zero-order valence-electron chi connectivity index (χ0n) is 34.4. The largest absolute Gasteiger partial charge is 0.228 e. The van der Waals surface area contributed by atoms with Crippen molar-refractivity contribution in [2.24, 2.45) is 0 Å². The lowest BCUT2D eigenvalue weighted by atomic mass is 9.71. The summed E-state index contributed by atoms with van der Waals surface area (Å²) in [5, 5.41) is 4.87. The molecule has 61 heavy (non-hydrogen) atoms. The molecule has 0 amide bonds. The molecule has 0 N–H and O–H groups in total. The van der Waals surface area contributed by atoms with E-state index < -0.39 is 0 Å². The summed E-state index contributed by atoms with van der Waals surface area (Å²) in [4.78, 5) is 10.8. The van der Waals surface area contributed by atoms with Gasteiger partial charge in [0.1, 0.15) is 0 Å². The Bertz CT molecular complexity index is 3400. The molecule has 2 nitrogen and oxygen atoms in total. The molecule has 0 spiro atoms. The third-order valence-electron chi connectivity index (χ3n) is 13.8. The van der Waals surface area contributed by atoms with Crippen molar-refractivity contribution in [2.45, 2.75) is 31.6 Å². The minimum atomic E-state index is -0.328. The molecule has 2 aliphatic carbocycles. The second kappa shape index (κ2) is 13.3. The summed E-state index contributed by atoms with van der Waals surface area (Å²) < 4.78 is 0. The molecule has 0 saturated carbocycles. The van der Waals surface area contributed by atoms with E-state index in [9.17, 15) is 0 Å². The predicted octanol–water partition coefficient (Wildman–Crippen LogP) is 15.1. The molecule has 0 radical (unpaired) electrons. The van der Waals surface area contributed by atoms with Crippen LogP contribution in [0.4, 0.5) is 0 Å². The maximum atomic E-state index is 5.40. The molecule has 9 aromatic carbocycles. The molecule has 0 aliphatic heterocycles. The highest BCUT2D eigenvalue weighted by molar-refractivity contribution is 6.07. The summed E-state index contributed by atoms with van der Waals surface area (Å²) in [5.41, 5.74) is 18.8. The van der Waals surface area contributed by atoms with E-state index in [2.05, 4.69) is 221 Å². The minimum absolute atomic E-state index is 0.162. The minimum Gasteiger partial charge on any atom is -0.228 e. The van der Waals surface area contributed by atoms with Crippen molar-refractivity contribution in [1.82, 2.24) is 9.97 Å². The van der Waals surface area contributed by atoms with Gasteiger partial charge in [0, 0.05) is 27.5 Å². The fraction of sp³-hybridized carbons (Fsp3) is 0.0847. The number of hydrogen-bond acceptors (Lipinski definition) is 2. The number of hydrogen-bond donors (Lipinski definition) is 0. The van der Waals surface area contributed by atoms with Gasteiger partial charge in [-0.25, -0.2) is 9.97 Å². The van der Waals surface area contributed by atoms with E-state index in [0.29, 0.717) is 5.82 Å². The van der Waals surface area contributed by atoms with Gasteiger partial charge in [-0.05, 0) is 108 Å². The Morgan fingerprint density at radius 2 is 0.902 bits per heavy atom. The van der Waals surface area contributed by atoms with Gasteiger partial charge in [0.15, 0.2) is 5.82 Å². The van der Waals surface area contributed by atoms with Crippen molar-refractivity contribution in [3.63, 3.8) is 0 Å². The summed E-state index contributed by atoms with van der Waals surface area (Å²) in [5.74, 6) is 0.715. The quantitative estimate of drug-likeness (QED) is 0.174. The summed E-state index contributed by atoms with van der Waals surface area (Å²) in [7, 11) is 0. The molecule has 10 aromatic rings. The number of benzene rings is 9. The number of fused-ring (bicyclic) bond motifs is 8. The van der Waals surface area contributed by atoms with Crippen LogP contribution in [0.25, 0.3) is 88.8 Å². The maximum absolute atomic E-state index is 5.40. The van der Waals surface area contributed by atoms with E-state index in [1.54, 1.807) is 0 Å². The fourth-order valence-corrected chi connectivity index (χ4v) is 10.8. The van der Waals surface area contributed by atoms with Gasteiger partial charge < -0.3 is 0 Å². The highest BCUT2D eigenvalue weighted by Crippen LogP contribution is 2.57. The normalized spacial score (nSPS) is 15.7. The third kappa shape index (κ3) is 5.22. The molecule has 288 valence electrons. The number of rotatable bonds is 5. The third-order valence-corrected chi connectivity index (χ3v) is 13.8. The van der Waals surface area contributed by atoms with E-state index in [-0.39, 0.29) is 10.8 Å². The van der Waals surface area contributed by atoms with Crippen molar-refractivity contribution in [3.8, 4) is 67.3 Å². The Hall–Kier alpha value is -7.42. The number of nitrogens with zero attached hydrogens (tertiary/aromatic N) is 2. The van der Waals surface area contributed by atoms with Crippen LogP contribution >= 0.6 is 0 Å². The zero-order chi connectivity index (χ0) is 40.9. The highest BCUT2D eigenvalue weighted by Gasteiger charge is 2.43. The molecular weight excluding hydrogens is 737 g/mol. The summed E-state index contributed by atoms with van der Waals surface area (Å²) >= 11 is 0. The zero-order valence-corrected chi connectivity index (χ0v) is 34.4. The van der Waals surface area contributed by atoms with E-state index in [4.69, 9.17) is 9.97 Å². The monoisotopic (exact) mass is 778 g/mol. The van der Waals surface area contributed by atoms with Gasteiger partial charge >= 0.3 is 0 Å². The first-order chi connectivity index (χ1) is 29.9. The molecule has 1 aromatic heterocycles. The summed E-state index contributed by atoms with van der Waals surface area (Å²) in [6, 6.07) is 73.2. The lowest BCUT2D eigenvalue weighted by Crippen LogP contribution is -2.23. The Kier molecular flexibility index (Phi) is 7.74. The van der Waals surface area contributed by atoms with Crippen molar-refractivity contribution < 1.29 is 0 Å². The van der Waals surface area contributed by atoms with Crippen LogP contribution in [0.3, 0.4) is 0 Å². The van der Waals surface area contributed by atoms with Crippen molar-refractivity contribution in [1.29, 1.82) is 0 Å². The molecule has 2 heteroatoms. The van der Waals surface area contributed by atoms with Crippen LogP contribution in [0, 0.1) is 0 Å². The Morgan fingerprint density at radius 1 is 0.361 bits per heavy atom. The van der Waals surface area contributed by atoms with E-state index >= 15 is 0 Å². The smallest absolute Gasteiger partial charge is 0.160 e. The van der Waals surface area contributed by atoms with Crippen LogP contribution < -0.4 is 0 Å². The van der Waals surface area contributed by atoms with Crippen LogP contribution in [0.2, 0.25) is 0 Å². The molecule has 0 bridgehead atoms. The molecule has 0 fully saturated rings. The van der Waals surface area contributed by atoms with Gasteiger partial charge in [-0.1, -0.05) is 196 Å². The summed E-state index contributed by atoms with van der Waals surface area (Å²) in [6.45, 7) is 7.12. The average Bonchev–Trinajstić information content (AvgIpc) is 3.72. The van der Waals surface area contributed by atoms with Crippen molar-refractivity contribution >= 4 is 21.5 Å². The van der Waals surface area contributed by atoms with Crippen LogP contribution in [-0.2, 0) is 10.8 Å². The van der Waals surface area contributed by atoms with Crippen molar-refractivity contribution in [2.75, 3.05) is 0 Å². The molecule has 0 saturated heterocycles. The van der Waals surface area contributed by atoms with E-state index in [0.717, 1.165) is 33.5 Å². The van der Waals surface area contributed by atoms with Crippen molar-refractivity contribution in [3.05, 3.63) is 228 Å². The lowest BCUT2D eigenvalue weighted by Gasteiger charge is -2.30.